The van der Waals surface area contributed by atoms with Gasteiger partial charge in [0.05, 0.1) is 0 Å². The van der Waals surface area contributed by atoms with Gasteiger partial charge in [-0.25, -0.2) is 9.45 Å². The van der Waals surface area contributed by atoms with Crippen LogP contribution in [0.1, 0.15) is 24.0 Å². The first kappa shape index (κ1) is 14.4. The standard InChI is InChI=1S/C14H18FNO2/c1-3-4-5-8-16(11-17)18-10-13-6-7-14(15)9-12(13)2/h3,6-7,9,11H,1,4-5,8,10H2,2H3. The van der Waals surface area contributed by atoms with Gasteiger partial charge in [-0.15, -0.1) is 6.58 Å². The fourth-order valence-electron chi connectivity index (χ4n) is 1.51. The van der Waals surface area contributed by atoms with E-state index in [0.717, 1.165) is 24.0 Å². The number of hydroxylamine groups is 2. The second-order valence-corrected chi connectivity index (χ2v) is 4.02. The van der Waals surface area contributed by atoms with Gasteiger partial charge in [-0.2, -0.15) is 0 Å². The summed E-state index contributed by atoms with van der Waals surface area (Å²) in [5, 5.41) is 1.26. The second-order valence-electron chi connectivity index (χ2n) is 4.02. The molecule has 1 rings (SSSR count). The summed E-state index contributed by atoms with van der Waals surface area (Å²) in [5.41, 5.74) is 1.68. The maximum Gasteiger partial charge on any atom is 0.233 e. The van der Waals surface area contributed by atoms with Crippen LogP contribution in [0.2, 0.25) is 0 Å². The van der Waals surface area contributed by atoms with Crippen molar-refractivity contribution in [3.8, 4) is 0 Å². The predicted molar refractivity (Wildman–Crippen MR) is 68.1 cm³/mol. The highest BCUT2D eigenvalue weighted by Gasteiger charge is 2.05. The first-order chi connectivity index (χ1) is 8.67. The van der Waals surface area contributed by atoms with Crippen LogP contribution in [-0.4, -0.2) is 18.0 Å². The summed E-state index contributed by atoms with van der Waals surface area (Å²) in [6.45, 7) is 6.21. The lowest BCUT2D eigenvalue weighted by Gasteiger charge is -2.17. The van der Waals surface area contributed by atoms with Gasteiger partial charge in [-0.3, -0.25) is 9.63 Å². The molecule has 0 radical (unpaired) electrons. The minimum Gasteiger partial charge on any atom is -0.276 e. The summed E-state index contributed by atoms with van der Waals surface area (Å²) < 4.78 is 12.9. The fourth-order valence-corrected chi connectivity index (χ4v) is 1.51. The van der Waals surface area contributed by atoms with E-state index in [9.17, 15) is 9.18 Å². The average Bonchev–Trinajstić information content (AvgIpc) is 2.35. The summed E-state index contributed by atoms with van der Waals surface area (Å²) in [5.74, 6) is -0.269. The number of amides is 1. The molecule has 0 aliphatic rings. The third-order valence-electron chi connectivity index (χ3n) is 2.59. The van der Waals surface area contributed by atoms with Crippen LogP contribution < -0.4 is 0 Å². The Morgan fingerprint density at radius 2 is 2.28 bits per heavy atom. The van der Waals surface area contributed by atoms with Crippen molar-refractivity contribution in [2.75, 3.05) is 6.54 Å². The maximum absolute atomic E-state index is 12.9. The Morgan fingerprint density at radius 3 is 2.89 bits per heavy atom. The molecule has 0 N–H and O–H groups in total. The van der Waals surface area contributed by atoms with Gasteiger partial charge in [-0.1, -0.05) is 12.1 Å². The molecule has 3 nitrogen and oxygen atoms in total. The first-order valence-electron chi connectivity index (χ1n) is 5.88. The number of halogens is 1. The van der Waals surface area contributed by atoms with Crippen LogP contribution in [0.15, 0.2) is 30.9 Å². The zero-order chi connectivity index (χ0) is 13.4. The van der Waals surface area contributed by atoms with E-state index in [0.29, 0.717) is 13.0 Å². The molecule has 0 heterocycles. The molecule has 0 saturated heterocycles. The lowest BCUT2D eigenvalue weighted by atomic mass is 10.1. The Hall–Kier alpha value is -1.68. The zero-order valence-electron chi connectivity index (χ0n) is 10.6. The molecule has 0 aliphatic heterocycles. The Morgan fingerprint density at radius 1 is 1.50 bits per heavy atom. The first-order valence-corrected chi connectivity index (χ1v) is 5.88. The molecule has 0 atom stereocenters. The van der Waals surface area contributed by atoms with Crippen LogP contribution in [0.25, 0.3) is 0 Å². The molecule has 0 aliphatic carbocycles. The predicted octanol–water partition coefficient (Wildman–Crippen LogP) is 2.99. The molecule has 4 heteroatoms. The van der Waals surface area contributed by atoms with Crippen molar-refractivity contribution in [3.05, 3.63) is 47.8 Å². The molecule has 1 aromatic rings. The van der Waals surface area contributed by atoms with Gasteiger partial charge in [0.25, 0.3) is 0 Å². The van der Waals surface area contributed by atoms with Gasteiger partial charge in [0.2, 0.25) is 6.41 Å². The Labute approximate surface area is 107 Å². The third kappa shape index (κ3) is 4.67. The van der Waals surface area contributed by atoms with Crippen molar-refractivity contribution < 1.29 is 14.0 Å². The summed E-state index contributed by atoms with van der Waals surface area (Å²) in [6, 6.07) is 4.49. The van der Waals surface area contributed by atoms with Gasteiger partial charge in [-0.05, 0) is 43.0 Å². The van der Waals surface area contributed by atoms with E-state index >= 15 is 0 Å². The largest absolute Gasteiger partial charge is 0.276 e. The Kier molecular flexibility index (Phi) is 6.08. The molecule has 0 fully saturated rings. The summed E-state index contributed by atoms with van der Waals surface area (Å²) in [7, 11) is 0. The number of nitrogens with zero attached hydrogens (tertiary/aromatic N) is 1. The van der Waals surface area contributed by atoms with Crippen LogP contribution in [0.5, 0.6) is 0 Å². The van der Waals surface area contributed by atoms with E-state index in [1.165, 1.54) is 17.2 Å². The normalized spacial score (nSPS) is 10.1. The molecule has 98 valence electrons. The highest BCUT2D eigenvalue weighted by molar-refractivity contribution is 5.44. The average molecular weight is 251 g/mol. The number of carbonyl (C=O) groups is 1. The molecular weight excluding hydrogens is 233 g/mol. The van der Waals surface area contributed by atoms with E-state index in [2.05, 4.69) is 6.58 Å². The molecular formula is C14H18FNO2. The van der Waals surface area contributed by atoms with Crippen molar-refractivity contribution in [1.29, 1.82) is 0 Å². The van der Waals surface area contributed by atoms with Crippen LogP contribution in [0, 0.1) is 12.7 Å². The third-order valence-corrected chi connectivity index (χ3v) is 2.59. The molecule has 0 saturated carbocycles. The van der Waals surface area contributed by atoms with Crippen LogP contribution in [0.4, 0.5) is 4.39 Å². The monoisotopic (exact) mass is 251 g/mol. The molecule has 0 aromatic heterocycles. The van der Waals surface area contributed by atoms with Gasteiger partial charge in [0, 0.05) is 6.54 Å². The topological polar surface area (TPSA) is 29.5 Å². The number of carbonyl (C=O) groups excluding carboxylic acids is 1. The van der Waals surface area contributed by atoms with Gasteiger partial charge >= 0.3 is 0 Å². The zero-order valence-corrected chi connectivity index (χ0v) is 10.6. The number of unbranched alkanes of at least 4 members (excludes halogenated alkanes) is 1. The van der Waals surface area contributed by atoms with Gasteiger partial charge in [0.15, 0.2) is 0 Å². The van der Waals surface area contributed by atoms with Crippen molar-refractivity contribution >= 4 is 6.41 Å². The number of aryl methyl sites for hydroxylation is 1. The molecule has 0 spiro atoms. The Balaban J connectivity index is 2.46. The molecule has 0 bridgehead atoms. The van der Waals surface area contributed by atoms with Crippen molar-refractivity contribution in [2.45, 2.75) is 26.4 Å². The number of hydrogen-bond acceptors (Lipinski definition) is 2. The van der Waals surface area contributed by atoms with Crippen molar-refractivity contribution in [2.24, 2.45) is 0 Å². The summed E-state index contributed by atoms with van der Waals surface area (Å²) in [6.07, 6.45) is 4.10. The number of allylic oxidation sites excluding steroid dienone is 1. The minimum atomic E-state index is -0.269. The molecule has 1 amide bonds. The second kappa shape index (κ2) is 7.61. The lowest BCUT2D eigenvalue weighted by molar-refractivity contribution is -0.177. The number of hydrogen-bond donors (Lipinski definition) is 0. The highest BCUT2D eigenvalue weighted by Crippen LogP contribution is 2.11. The minimum absolute atomic E-state index is 0.263. The van der Waals surface area contributed by atoms with Gasteiger partial charge < -0.3 is 0 Å². The quantitative estimate of drug-likeness (QED) is 0.308. The van der Waals surface area contributed by atoms with Crippen molar-refractivity contribution in [1.82, 2.24) is 5.06 Å². The molecule has 18 heavy (non-hydrogen) atoms. The van der Waals surface area contributed by atoms with E-state index in [-0.39, 0.29) is 12.4 Å². The van der Waals surface area contributed by atoms with Gasteiger partial charge in [0.1, 0.15) is 12.4 Å². The molecule has 1 aromatic carbocycles. The fraction of sp³-hybridized carbons (Fsp3) is 0.357. The lowest BCUT2D eigenvalue weighted by Crippen LogP contribution is -2.23. The summed E-state index contributed by atoms with van der Waals surface area (Å²) >= 11 is 0. The maximum atomic E-state index is 12.9. The SMILES string of the molecule is C=CCCCN(C=O)OCc1ccc(F)cc1C. The van der Waals surface area contributed by atoms with E-state index < -0.39 is 0 Å². The smallest absolute Gasteiger partial charge is 0.233 e. The van der Waals surface area contributed by atoms with Crippen molar-refractivity contribution in [3.63, 3.8) is 0 Å². The Bertz CT molecular complexity index is 407. The van der Waals surface area contributed by atoms with Crippen LogP contribution in [-0.2, 0) is 16.2 Å². The van der Waals surface area contributed by atoms with E-state index in [1.807, 2.05) is 6.92 Å². The molecule has 0 unspecified atom stereocenters. The van der Waals surface area contributed by atoms with E-state index in [4.69, 9.17) is 4.84 Å². The highest BCUT2D eigenvalue weighted by atomic mass is 19.1. The van der Waals surface area contributed by atoms with Crippen LogP contribution >= 0.6 is 0 Å². The number of benzene rings is 1. The van der Waals surface area contributed by atoms with Crippen LogP contribution in [0.3, 0.4) is 0 Å². The number of rotatable bonds is 8. The van der Waals surface area contributed by atoms with E-state index in [1.54, 1.807) is 12.1 Å². The summed E-state index contributed by atoms with van der Waals surface area (Å²) in [4.78, 5) is 16.1.